The summed E-state index contributed by atoms with van der Waals surface area (Å²) in [4.78, 5) is 21.4. The van der Waals surface area contributed by atoms with Gasteiger partial charge in [0.1, 0.15) is 4.88 Å². The summed E-state index contributed by atoms with van der Waals surface area (Å²) in [6.07, 6.45) is 0. The minimum atomic E-state index is -0.998. The molecular weight excluding hydrogens is 258 g/mol. The van der Waals surface area contributed by atoms with Gasteiger partial charge in [-0.3, -0.25) is 4.79 Å². The number of hydrogen-bond donors (Lipinski definition) is 2. The molecule has 0 saturated carbocycles. The van der Waals surface area contributed by atoms with Gasteiger partial charge in [-0.1, -0.05) is 0 Å². The topological polar surface area (TPSA) is 66.4 Å². The van der Waals surface area contributed by atoms with E-state index >= 15 is 0 Å². The van der Waals surface area contributed by atoms with Crippen molar-refractivity contribution < 1.29 is 14.7 Å². The fourth-order valence-corrected chi connectivity index (χ4v) is 2.16. The zero-order chi connectivity index (χ0) is 10.0. The van der Waals surface area contributed by atoms with E-state index in [-0.39, 0.29) is 10.8 Å². The molecule has 1 aromatic rings. The molecule has 70 valence electrons. The molecule has 0 aliphatic heterocycles. The second-order valence-corrected chi connectivity index (χ2v) is 4.65. The van der Waals surface area contributed by atoms with Gasteiger partial charge in [0, 0.05) is 6.92 Å². The number of hydrogen-bond acceptors (Lipinski definition) is 3. The van der Waals surface area contributed by atoms with E-state index in [4.69, 9.17) is 5.11 Å². The molecule has 1 rings (SSSR count). The van der Waals surface area contributed by atoms with Crippen LogP contribution in [0.1, 0.15) is 16.6 Å². The number of thiophene rings is 1. The molecule has 0 unspecified atom stereocenters. The van der Waals surface area contributed by atoms with Crippen LogP contribution in [0, 0.1) is 0 Å². The average Bonchev–Trinajstić information content (AvgIpc) is 2.31. The molecule has 13 heavy (non-hydrogen) atoms. The van der Waals surface area contributed by atoms with Crippen LogP contribution < -0.4 is 5.32 Å². The number of aromatic carboxylic acids is 1. The number of carboxylic acids is 1. The van der Waals surface area contributed by atoms with Gasteiger partial charge >= 0.3 is 5.97 Å². The Labute approximate surface area is 86.7 Å². The van der Waals surface area contributed by atoms with E-state index in [0.717, 1.165) is 11.3 Å². The summed E-state index contributed by atoms with van der Waals surface area (Å²) in [5.41, 5.74) is 0.495. The smallest absolute Gasteiger partial charge is 0.345 e. The summed E-state index contributed by atoms with van der Waals surface area (Å²) in [6.45, 7) is 1.37. The molecule has 0 fully saturated rings. The summed E-state index contributed by atoms with van der Waals surface area (Å²) in [6, 6.07) is 1.42. The Morgan fingerprint density at radius 3 is 2.62 bits per heavy atom. The predicted molar refractivity (Wildman–Crippen MR) is 53.3 cm³/mol. The molecule has 4 nitrogen and oxygen atoms in total. The maximum Gasteiger partial charge on any atom is 0.345 e. The zero-order valence-electron chi connectivity index (χ0n) is 6.63. The van der Waals surface area contributed by atoms with Gasteiger partial charge in [-0.05, 0) is 22.0 Å². The fraction of sp³-hybridized carbons (Fsp3) is 0.143. The van der Waals surface area contributed by atoms with Crippen molar-refractivity contribution in [3.8, 4) is 0 Å². The average molecular weight is 264 g/mol. The van der Waals surface area contributed by atoms with Crippen LogP contribution in [-0.2, 0) is 4.79 Å². The third-order valence-corrected chi connectivity index (χ3v) is 3.03. The maximum absolute atomic E-state index is 10.7. The molecule has 0 aromatic carbocycles. The highest BCUT2D eigenvalue weighted by atomic mass is 79.9. The second-order valence-electron chi connectivity index (χ2n) is 2.28. The number of halogens is 1. The third-order valence-electron chi connectivity index (χ3n) is 1.21. The summed E-state index contributed by atoms with van der Waals surface area (Å²) in [5, 5.41) is 11.1. The highest BCUT2D eigenvalue weighted by molar-refractivity contribution is 9.11. The van der Waals surface area contributed by atoms with Gasteiger partial charge in [0.25, 0.3) is 0 Å². The van der Waals surface area contributed by atoms with Gasteiger partial charge in [-0.15, -0.1) is 11.3 Å². The molecule has 0 spiro atoms. The summed E-state index contributed by atoms with van der Waals surface area (Å²) in [7, 11) is 0. The van der Waals surface area contributed by atoms with Crippen molar-refractivity contribution in [1.82, 2.24) is 0 Å². The van der Waals surface area contributed by atoms with Crippen LogP contribution in [0.5, 0.6) is 0 Å². The predicted octanol–water partition coefficient (Wildman–Crippen LogP) is 2.17. The zero-order valence-corrected chi connectivity index (χ0v) is 9.03. The Bertz CT molecular complexity index is 361. The molecule has 1 amide bonds. The van der Waals surface area contributed by atoms with Crippen molar-refractivity contribution in [2.75, 3.05) is 5.32 Å². The minimum Gasteiger partial charge on any atom is -0.477 e. The van der Waals surface area contributed by atoms with E-state index in [1.165, 1.54) is 13.0 Å². The Kier molecular flexibility index (Phi) is 3.05. The number of carboxylic acid groups (broad SMARTS) is 1. The van der Waals surface area contributed by atoms with Crippen molar-refractivity contribution in [3.63, 3.8) is 0 Å². The number of anilines is 1. The van der Waals surface area contributed by atoms with E-state index in [9.17, 15) is 9.59 Å². The molecule has 0 saturated heterocycles. The molecule has 2 N–H and O–H groups in total. The first kappa shape index (κ1) is 10.2. The molecule has 0 aliphatic rings. The van der Waals surface area contributed by atoms with Gasteiger partial charge in [-0.2, -0.15) is 0 Å². The normalized spacial score (nSPS) is 9.69. The van der Waals surface area contributed by atoms with Gasteiger partial charge in [0.2, 0.25) is 5.91 Å². The highest BCUT2D eigenvalue weighted by Crippen LogP contribution is 2.32. The lowest BCUT2D eigenvalue weighted by molar-refractivity contribution is -0.114. The molecule has 0 atom stereocenters. The van der Waals surface area contributed by atoms with Crippen LogP contribution in [0.25, 0.3) is 0 Å². The number of rotatable bonds is 2. The van der Waals surface area contributed by atoms with Crippen molar-refractivity contribution in [2.45, 2.75) is 6.92 Å². The summed E-state index contributed by atoms with van der Waals surface area (Å²) >= 11 is 4.22. The number of carbonyl (C=O) groups is 2. The lowest BCUT2D eigenvalue weighted by atomic mass is 10.4. The van der Waals surface area contributed by atoms with Gasteiger partial charge < -0.3 is 10.4 Å². The van der Waals surface area contributed by atoms with E-state index in [2.05, 4.69) is 21.2 Å². The second kappa shape index (κ2) is 3.89. The summed E-state index contributed by atoms with van der Waals surface area (Å²) < 4.78 is 0.611. The molecule has 6 heteroatoms. The van der Waals surface area contributed by atoms with E-state index in [1.807, 2.05) is 0 Å². The van der Waals surface area contributed by atoms with Gasteiger partial charge in [0.15, 0.2) is 0 Å². The van der Waals surface area contributed by atoms with Crippen LogP contribution >= 0.6 is 27.3 Å². The molecule has 1 aromatic heterocycles. The Hall–Kier alpha value is -0.880. The standard InChI is InChI=1S/C7H6BrNO3S/c1-3(10)9-4-2-5(7(11)12)13-6(4)8/h2H,1H3,(H,9,10)(H,11,12). The maximum atomic E-state index is 10.7. The van der Waals surface area contributed by atoms with Crippen LogP contribution in [-0.4, -0.2) is 17.0 Å². The Morgan fingerprint density at radius 1 is 1.62 bits per heavy atom. The fourth-order valence-electron chi connectivity index (χ4n) is 0.749. The quantitative estimate of drug-likeness (QED) is 0.860. The molecular formula is C7H6BrNO3S. The van der Waals surface area contributed by atoms with Crippen molar-refractivity contribution in [1.29, 1.82) is 0 Å². The van der Waals surface area contributed by atoms with Crippen molar-refractivity contribution in [2.24, 2.45) is 0 Å². The number of carbonyl (C=O) groups excluding carboxylic acids is 1. The van der Waals surface area contributed by atoms with E-state index in [0.29, 0.717) is 9.47 Å². The first-order chi connectivity index (χ1) is 6.00. The van der Waals surface area contributed by atoms with E-state index in [1.54, 1.807) is 0 Å². The summed E-state index contributed by atoms with van der Waals surface area (Å²) in [5.74, 6) is -1.22. The SMILES string of the molecule is CC(=O)Nc1cc(C(=O)O)sc1Br. The van der Waals surface area contributed by atoms with Crippen LogP contribution in [0.15, 0.2) is 9.85 Å². The third kappa shape index (κ3) is 2.53. The van der Waals surface area contributed by atoms with Crippen LogP contribution in [0.4, 0.5) is 5.69 Å². The monoisotopic (exact) mass is 263 g/mol. The Balaban J connectivity index is 2.96. The van der Waals surface area contributed by atoms with Crippen LogP contribution in [0.3, 0.4) is 0 Å². The lowest BCUT2D eigenvalue weighted by Gasteiger charge is -1.96. The van der Waals surface area contributed by atoms with E-state index < -0.39 is 5.97 Å². The van der Waals surface area contributed by atoms with Crippen LogP contribution in [0.2, 0.25) is 0 Å². The number of nitrogens with one attached hydrogen (secondary N) is 1. The van der Waals surface area contributed by atoms with Crippen molar-refractivity contribution in [3.05, 3.63) is 14.7 Å². The highest BCUT2D eigenvalue weighted by Gasteiger charge is 2.12. The lowest BCUT2D eigenvalue weighted by Crippen LogP contribution is -2.05. The first-order valence-electron chi connectivity index (χ1n) is 3.31. The molecule has 0 aliphatic carbocycles. The number of amides is 1. The largest absolute Gasteiger partial charge is 0.477 e. The Morgan fingerprint density at radius 2 is 2.23 bits per heavy atom. The molecule has 1 heterocycles. The molecule has 0 radical (unpaired) electrons. The molecule has 0 bridgehead atoms. The first-order valence-corrected chi connectivity index (χ1v) is 4.92. The van der Waals surface area contributed by atoms with Gasteiger partial charge in [-0.25, -0.2) is 4.79 Å². The minimum absolute atomic E-state index is 0.190. The van der Waals surface area contributed by atoms with Gasteiger partial charge in [0.05, 0.1) is 9.47 Å². The van der Waals surface area contributed by atoms with Crippen molar-refractivity contribution >= 4 is 44.8 Å².